The molecule has 0 bridgehead atoms. The van der Waals surface area contributed by atoms with Crippen LogP contribution >= 0.6 is 0 Å². The van der Waals surface area contributed by atoms with Crippen LogP contribution in [-0.4, -0.2) is 4.92 Å². The van der Waals surface area contributed by atoms with Crippen LogP contribution in [0, 0.1) is 32.8 Å². The highest BCUT2D eigenvalue weighted by molar-refractivity contribution is 5.40. The molecule has 1 aromatic carbocycles. The molecule has 100 valence electrons. The second-order valence-corrected chi connectivity index (χ2v) is 5.63. The van der Waals surface area contributed by atoms with E-state index in [1.165, 1.54) is 6.07 Å². The van der Waals surface area contributed by atoms with Crippen LogP contribution in [0.15, 0.2) is 24.3 Å². The molecule has 2 rings (SSSR count). The quantitative estimate of drug-likeness (QED) is 0.608. The summed E-state index contributed by atoms with van der Waals surface area (Å²) in [6.07, 6.45) is 4.26. The van der Waals surface area contributed by atoms with Crippen LogP contribution in [-0.2, 0) is 6.42 Å². The first-order valence-corrected chi connectivity index (χ1v) is 6.70. The fraction of sp³-hybridized carbons (Fsp3) is 0.533. The zero-order valence-corrected chi connectivity index (χ0v) is 11.1. The summed E-state index contributed by atoms with van der Waals surface area (Å²) in [5, 5.41) is 20.4. The van der Waals surface area contributed by atoms with E-state index in [2.05, 4.69) is 13.0 Å². The Hall–Kier alpha value is -1.89. The number of para-hydroxylation sites is 1. The average molecular weight is 258 g/mol. The van der Waals surface area contributed by atoms with Crippen LogP contribution in [0.3, 0.4) is 0 Å². The Morgan fingerprint density at radius 1 is 1.53 bits per heavy atom. The first-order valence-electron chi connectivity index (χ1n) is 6.70. The molecule has 1 aromatic rings. The first-order chi connectivity index (χ1) is 9.06. The van der Waals surface area contributed by atoms with Crippen molar-refractivity contribution >= 4 is 5.69 Å². The van der Waals surface area contributed by atoms with Crippen LogP contribution in [0.25, 0.3) is 0 Å². The number of nitriles is 1. The average Bonchev–Trinajstić information content (AvgIpc) is 2.79. The number of nitro benzene ring substituents is 1. The molecule has 1 aliphatic rings. The van der Waals surface area contributed by atoms with Crippen LogP contribution in [0.2, 0.25) is 0 Å². The van der Waals surface area contributed by atoms with Crippen molar-refractivity contribution in [1.29, 1.82) is 5.26 Å². The monoisotopic (exact) mass is 258 g/mol. The van der Waals surface area contributed by atoms with E-state index < -0.39 is 0 Å². The lowest BCUT2D eigenvalue weighted by Crippen LogP contribution is -2.15. The number of aryl methyl sites for hydroxylation is 1. The molecule has 0 saturated heterocycles. The lowest BCUT2D eigenvalue weighted by molar-refractivity contribution is -0.385. The molecule has 2 unspecified atom stereocenters. The summed E-state index contributed by atoms with van der Waals surface area (Å²) >= 11 is 0. The Balaban J connectivity index is 2.11. The molecule has 0 heterocycles. The Labute approximate surface area is 113 Å². The number of hydrogen-bond acceptors (Lipinski definition) is 3. The van der Waals surface area contributed by atoms with Gasteiger partial charge in [-0.15, -0.1) is 0 Å². The molecule has 0 aliphatic heterocycles. The highest BCUT2D eigenvalue weighted by Gasteiger charge is 2.37. The third-order valence-electron chi connectivity index (χ3n) is 4.15. The van der Waals surface area contributed by atoms with E-state index in [1.807, 2.05) is 6.07 Å². The van der Waals surface area contributed by atoms with Crippen LogP contribution in [0.5, 0.6) is 0 Å². The minimum absolute atomic E-state index is 0.168. The Morgan fingerprint density at radius 2 is 2.26 bits per heavy atom. The molecule has 1 saturated carbocycles. The molecule has 4 heteroatoms. The molecule has 2 atom stereocenters. The molecule has 0 amide bonds. The van der Waals surface area contributed by atoms with Gasteiger partial charge in [0.05, 0.1) is 16.4 Å². The third kappa shape index (κ3) is 2.93. The van der Waals surface area contributed by atoms with Gasteiger partial charge in [-0.05, 0) is 38.0 Å². The van der Waals surface area contributed by atoms with Gasteiger partial charge in [-0.3, -0.25) is 10.1 Å². The summed E-state index contributed by atoms with van der Waals surface area (Å²) in [5.74, 6) is 0.588. The summed E-state index contributed by atoms with van der Waals surface area (Å²) in [4.78, 5) is 10.6. The van der Waals surface area contributed by atoms with E-state index >= 15 is 0 Å². The molecule has 1 fully saturated rings. The minimum Gasteiger partial charge on any atom is -0.258 e. The molecule has 0 spiro atoms. The van der Waals surface area contributed by atoms with Gasteiger partial charge < -0.3 is 0 Å². The van der Waals surface area contributed by atoms with Crippen molar-refractivity contribution in [2.24, 2.45) is 11.3 Å². The molecule has 0 N–H and O–H groups in total. The summed E-state index contributed by atoms with van der Waals surface area (Å²) in [5.41, 5.74) is 0.631. The summed E-state index contributed by atoms with van der Waals surface area (Å²) in [6, 6.07) is 9.28. The Bertz CT molecular complexity index is 521. The Morgan fingerprint density at radius 3 is 2.84 bits per heavy atom. The fourth-order valence-electron chi connectivity index (χ4n) is 3.05. The lowest BCUT2D eigenvalue weighted by atomic mass is 9.81. The molecule has 0 radical (unpaired) electrons. The predicted molar refractivity (Wildman–Crippen MR) is 72.5 cm³/mol. The maximum Gasteiger partial charge on any atom is 0.272 e. The van der Waals surface area contributed by atoms with Crippen molar-refractivity contribution in [3.05, 3.63) is 39.9 Å². The second kappa shape index (κ2) is 5.40. The highest BCUT2D eigenvalue weighted by Crippen LogP contribution is 2.44. The SMILES string of the molecule is CC1CCC(C#N)(CCc2ccccc2[N+](=O)[O-])C1. The molecule has 1 aliphatic carbocycles. The summed E-state index contributed by atoms with van der Waals surface area (Å²) in [7, 11) is 0. The van der Waals surface area contributed by atoms with Crippen LogP contribution in [0.1, 0.15) is 38.2 Å². The van der Waals surface area contributed by atoms with Crippen molar-refractivity contribution < 1.29 is 4.92 Å². The molecule has 0 aromatic heterocycles. The second-order valence-electron chi connectivity index (χ2n) is 5.63. The van der Waals surface area contributed by atoms with E-state index in [4.69, 9.17) is 0 Å². The molecule has 4 nitrogen and oxygen atoms in total. The van der Waals surface area contributed by atoms with Crippen LogP contribution < -0.4 is 0 Å². The van der Waals surface area contributed by atoms with Crippen molar-refractivity contribution in [2.75, 3.05) is 0 Å². The van der Waals surface area contributed by atoms with Gasteiger partial charge in [-0.1, -0.05) is 25.1 Å². The summed E-state index contributed by atoms with van der Waals surface area (Å²) in [6.45, 7) is 2.17. The van der Waals surface area contributed by atoms with Crippen LogP contribution in [0.4, 0.5) is 5.69 Å². The van der Waals surface area contributed by atoms with Gasteiger partial charge in [0.1, 0.15) is 0 Å². The lowest BCUT2D eigenvalue weighted by Gasteiger charge is -2.20. The maximum atomic E-state index is 11.0. The van der Waals surface area contributed by atoms with E-state index in [9.17, 15) is 15.4 Å². The van der Waals surface area contributed by atoms with Gasteiger partial charge >= 0.3 is 0 Å². The number of hydrogen-bond donors (Lipinski definition) is 0. The van der Waals surface area contributed by atoms with Gasteiger partial charge in [-0.2, -0.15) is 5.26 Å². The smallest absolute Gasteiger partial charge is 0.258 e. The Kier molecular flexibility index (Phi) is 3.84. The molecule has 19 heavy (non-hydrogen) atoms. The van der Waals surface area contributed by atoms with Crippen molar-refractivity contribution in [1.82, 2.24) is 0 Å². The van der Waals surface area contributed by atoms with E-state index in [-0.39, 0.29) is 16.0 Å². The normalized spacial score (nSPS) is 26.0. The number of nitrogens with zero attached hydrogens (tertiary/aromatic N) is 2. The number of nitro groups is 1. The van der Waals surface area contributed by atoms with E-state index in [1.54, 1.807) is 12.1 Å². The fourth-order valence-corrected chi connectivity index (χ4v) is 3.05. The van der Waals surface area contributed by atoms with Gasteiger partial charge in [0.15, 0.2) is 0 Å². The zero-order valence-electron chi connectivity index (χ0n) is 11.1. The van der Waals surface area contributed by atoms with E-state index in [0.717, 1.165) is 31.2 Å². The van der Waals surface area contributed by atoms with Crippen molar-refractivity contribution in [3.63, 3.8) is 0 Å². The number of rotatable bonds is 4. The van der Waals surface area contributed by atoms with E-state index in [0.29, 0.717) is 12.3 Å². The number of benzene rings is 1. The topological polar surface area (TPSA) is 66.9 Å². The van der Waals surface area contributed by atoms with Crippen molar-refractivity contribution in [3.8, 4) is 6.07 Å². The summed E-state index contributed by atoms with van der Waals surface area (Å²) < 4.78 is 0. The first kappa shape index (κ1) is 13.5. The van der Waals surface area contributed by atoms with Gasteiger partial charge in [0.2, 0.25) is 0 Å². The van der Waals surface area contributed by atoms with Gasteiger partial charge in [0.25, 0.3) is 5.69 Å². The highest BCUT2D eigenvalue weighted by atomic mass is 16.6. The maximum absolute atomic E-state index is 11.0. The zero-order chi connectivity index (χ0) is 13.9. The largest absolute Gasteiger partial charge is 0.272 e. The minimum atomic E-state index is -0.342. The standard InChI is InChI=1S/C15H18N2O2/c1-12-6-8-15(10-12,11-16)9-7-13-4-2-3-5-14(13)17(18)19/h2-5,12H,6-10H2,1H3. The predicted octanol–water partition coefficient (Wildman–Crippen LogP) is 3.86. The van der Waals surface area contributed by atoms with Gasteiger partial charge in [0, 0.05) is 11.6 Å². The molecular weight excluding hydrogens is 240 g/mol. The van der Waals surface area contributed by atoms with Gasteiger partial charge in [-0.25, -0.2) is 0 Å². The molecular formula is C15H18N2O2. The van der Waals surface area contributed by atoms with Crippen molar-refractivity contribution in [2.45, 2.75) is 39.0 Å². The third-order valence-corrected chi connectivity index (χ3v) is 4.15.